The first kappa shape index (κ1) is 13.0. The fourth-order valence-corrected chi connectivity index (χ4v) is 3.10. The van der Waals surface area contributed by atoms with E-state index >= 15 is 0 Å². The van der Waals surface area contributed by atoms with Gasteiger partial charge in [-0.15, -0.1) is 0 Å². The number of hydrogen-bond acceptors (Lipinski definition) is 5. The van der Waals surface area contributed by atoms with Crippen molar-refractivity contribution in [1.82, 2.24) is 19.5 Å². The smallest absolute Gasteiger partial charge is 0.165 e. The largest absolute Gasteiger partial charge is 0.375 e. The Balaban J connectivity index is 1.56. The molecule has 4 rings (SSSR count). The van der Waals surface area contributed by atoms with Crippen LogP contribution in [0, 0.1) is 5.92 Å². The summed E-state index contributed by atoms with van der Waals surface area (Å²) in [6.07, 6.45) is 7.06. The van der Waals surface area contributed by atoms with Gasteiger partial charge >= 0.3 is 0 Å². The summed E-state index contributed by atoms with van der Waals surface area (Å²) in [5, 5.41) is 3.45. The first-order valence-electron chi connectivity index (χ1n) is 7.70. The molecule has 2 aliphatic rings. The zero-order valence-electron chi connectivity index (χ0n) is 12.5. The van der Waals surface area contributed by atoms with Crippen LogP contribution in [-0.4, -0.2) is 38.3 Å². The van der Waals surface area contributed by atoms with E-state index in [0.29, 0.717) is 12.0 Å². The van der Waals surface area contributed by atoms with Gasteiger partial charge in [-0.3, -0.25) is 0 Å². The van der Waals surface area contributed by atoms with Gasteiger partial charge in [0.25, 0.3) is 0 Å². The van der Waals surface area contributed by atoms with Crippen molar-refractivity contribution in [2.75, 3.05) is 18.5 Å². The monoisotopic (exact) mass is 287 g/mol. The van der Waals surface area contributed by atoms with Crippen LogP contribution in [0.3, 0.4) is 0 Å². The molecular weight excluding hydrogens is 266 g/mol. The van der Waals surface area contributed by atoms with Crippen LogP contribution < -0.4 is 5.32 Å². The summed E-state index contributed by atoms with van der Waals surface area (Å²) < 4.78 is 7.95. The topological polar surface area (TPSA) is 64.9 Å². The predicted molar refractivity (Wildman–Crippen MR) is 80.2 cm³/mol. The van der Waals surface area contributed by atoms with Crippen LogP contribution in [0.15, 0.2) is 12.7 Å². The first-order valence-corrected chi connectivity index (χ1v) is 7.70. The van der Waals surface area contributed by atoms with E-state index in [2.05, 4.69) is 38.7 Å². The molecule has 112 valence electrons. The second-order valence-electron chi connectivity index (χ2n) is 6.60. The van der Waals surface area contributed by atoms with E-state index in [-0.39, 0.29) is 5.60 Å². The van der Waals surface area contributed by atoms with Crippen molar-refractivity contribution in [2.24, 2.45) is 5.92 Å². The highest BCUT2D eigenvalue weighted by Gasteiger charge is 2.35. The van der Waals surface area contributed by atoms with Crippen LogP contribution in [0.5, 0.6) is 0 Å². The van der Waals surface area contributed by atoms with E-state index < -0.39 is 0 Å². The fraction of sp³-hybridized carbons (Fsp3) is 0.667. The Labute approximate surface area is 123 Å². The number of fused-ring (bicyclic) bond motifs is 1. The maximum Gasteiger partial charge on any atom is 0.165 e. The Morgan fingerprint density at radius 1 is 1.29 bits per heavy atom. The second kappa shape index (κ2) is 4.66. The Morgan fingerprint density at radius 3 is 2.86 bits per heavy atom. The number of aromatic nitrogens is 4. The standard InChI is InChI=1S/C15H21N5O/c1-15(2)10(5-6-21-15)7-16-13-12-14(18-8-17-13)20(9-19-12)11-3-4-11/h8-11H,3-7H2,1-2H3,(H,16,17,18)/t10-/m1/s1. The molecule has 0 aromatic carbocycles. The Morgan fingerprint density at radius 2 is 2.14 bits per heavy atom. The van der Waals surface area contributed by atoms with E-state index in [1.54, 1.807) is 6.33 Å². The van der Waals surface area contributed by atoms with E-state index in [0.717, 1.165) is 36.6 Å². The zero-order valence-corrected chi connectivity index (χ0v) is 12.5. The summed E-state index contributed by atoms with van der Waals surface area (Å²) in [4.78, 5) is 13.3. The highest BCUT2D eigenvalue weighted by molar-refractivity contribution is 5.82. The zero-order chi connectivity index (χ0) is 14.4. The molecule has 1 N–H and O–H groups in total. The molecule has 6 heteroatoms. The maximum absolute atomic E-state index is 5.78. The van der Waals surface area contributed by atoms with Crippen LogP contribution >= 0.6 is 0 Å². The normalized spacial score (nSPS) is 24.6. The number of anilines is 1. The van der Waals surface area contributed by atoms with Gasteiger partial charge in [0.15, 0.2) is 11.5 Å². The second-order valence-corrected chi connectivity index (χ2v) is 6.60. The molecule has 21 heavy (non-hydrogen) atoms. The Hall–Kier alpha value is -1.69. The van der Waals surface area contributed by atoms with Crippen molar-refractivity contribution < 1.29 is 4.74 Å². The van der Waals surface area contributed by atoms with Gasteiger partial charge in [0.05, 0.1) is 11.9 Å². The van der Waals surface area contributed by atoms with Gasteiger partial charge in [-0.05, 0) is 33.1 Å². The molecule has 6 nitrogen and oxygen atoms in total. The van der Waals surface area contributed by atoms with E-state index in [9.17, 15) is 0 Å². The van der Waals surface area contributed by atoms with Gasteiger partial charge in [0, 0.05) is 25.1 Å². The lowest BCUT2D eigenvalue weighted by Crippen LogP contribution is -2.32. The maximum atomic E-state index is 5.78. The van der Waals surface area contributed by atoms with E-state index in [1.165, 1.54) is 12.8 Å². The van der Waals surface area contributed by atoms with Gasteiger partial charge in [-0.25, -0.2) is 15.0 Å². The lowest BCUT2D eigenvalue weighted by Gasteiger charge is -2.26. The molecule has 0 unspecified atom stereocenters. The summed E-state index contributed by atoms with van der Waals surface area (Å²) in [5.41, 5.74) is 1.75. The molecule has 1 aliphatic carbocycles. The average molecular weight is 287 g/mol. The summed E-state index contributed by atoms with van der Waals surface area (Å²) >= 11 is 0. The molecule has 2 fully saturated rings. The quantitative estimate of drug-likeness (QED) is 0.935. The Bertz CT molecular complexity index is 661. The van der Waals surface area contributed by atoms with Gasteiger partial charge in [0.1, 0.15) is 11.8 Å². The van der Waals surface area contributed by atoms with Crippen LogP contribution in [-0.2, 0) is 4.74 Å². The summed E-state index contributed by atoms with van der Waals surface area (Å²) in [6, 6.07) is 0.583. The Kier molecular flexibility index (Phi) is 2.89. The first-order chi connectivity index (χ1) is 10.1. The van der Waals surface area contributed by atoms with Crippen molar-refractivity contribution in [3.05, 3.63) is 12.7 Å². The molecule has 2 aromatic rings. The van der Waals surface area contributed by atoms with Crippen LogP contribution in [0.25, 0.3) is 11.2 Å². The molecule has 0 amide bonds. The van der Waals surface area contributed by atoms with Gasteiger partial charge in [-0.1, -0.05) is 0 Å². The molecule has 0 spiro atoms. The van der Waals surface area contributed by atoms with Crippen LogP contribution in [0.2, 0.25) is 0 Å². The number of ether oxygens (including phenoxy) is 1. The molecule has 0 radical (unpaired) electrons. The van der Waals surface area contributed by atoms with Crippen molar-refractivity contribution in [1.29, 1.82) is 0 Å². The number of imidazole rings is 1. The third-order valence-corrected chi connectivity index (χ3v) is 4.74. The third-order valence-electron chi connectivity index (χ3n) is 4.74. The molecule has 1 saturated heterocycles. The lowest BCUT2D eigenvalue weighted by molar-refractivity contribution is 0.0141. The minimum absolute atomic E-state index is 0.0630. The van der Waals surface area contributed by atoms with Crippen LogP contribution in [0.4, 0.5) is 5.82 Å². The minimum Gasteiger partial charge on any atom is -0.375 e. The lowest BCUT2D eigenvalue weighted by atomic mass is 9.91. The molecule has 3 heterocycles. The predicted octanol–water partition coefficient (Wildman–Crippen LogP) is 2.39. The van der Waals surface area contributed by atoms with Gasteiger partial charge in [-0.2, -0.15) is 0 Å². The van der Waals surface area contributed by atoms with E-state index in [4.69, 9.17) is 4.74 Å². The van der Waals surface area contributed by atoms with Crippen LogP contribution in [0.1, 0.15) is 39.2 Å². The summed E-state index contributed by atoms with van der Waals surface area (Å²) in [5.74, 6) is 1.33. The molecule has 1 aliphatic heterocycles. The van der Waals surface area contributed by atoms with Crippen molar-refractivity contribution in [2.45, 2.75) is 44.8 Å². The highest BCUT2D eigenvalue weighted by Crippen LogP contribution is 2.37. The summed E-state index contributed by atoms with van der Waals surface area (Å²) in [6.45, 7) is 6.01. The van der Waals surface area contributed by atoms with Crippen molar-refractivity contribution in [3.8, 4) is 0 Å². The fourth-order valence-electron chi connectivity index (χ4n) is 3.10. The number of rotatable bonds is 4. The molecular formula is C15H21N5O. The summed E-state index contributed by atoms with van der Waals surface area (Å²) in [7, 11) is 0. The minimum atomic E-state index is -0.0630. The molecule has 0 bridgehead atoms. The van der Waals surface area contributed by atoms with E-state index in [1.807, 2.05) is 6.33 Å². The third kappa shape index (κ3) is 2.27. The van der Waals surface area contributed by atoms with Crippen molar-refractivity contribution in [3.63, 3.8) is 0 Å². The SMILES string of the molecule is CC1(C)OCC[C@@H]1CNc1ncnc2c1ncn2C1CC1. The van der Waals surface area contributed by atoms with Gasteiger partial charge in [0.2, 0.25) is 0 Å². The van der Waals surface area contributed by atoms with Gasteiger partial charge < -0.3 is 14.6 Å². The molecule has 1 saturated carbocycles. The average Bonchev–Trinajstić information content (AvgIpc) is 3.12. The molecule has 1 atom stereocenters. The van der Waals surface area contributed by atoms with Crippen molar-refractivity contribution >= 4 is 17.0 Å². The number of hydrogen-bond donors (Lipinski definition) is 1. The number of nitrogens with one attached hydrogen (secondary N) is 1. The number of nitrogens with zero attached hydrogens (tertiary/aromatic N) is 4. The molecule has 2 aromatic heterocycles. The highest BCUT2D eigenvalue weighted by atomic mass is 16.5.